The molecule has 0 saturated heterocycles. The first kappa shape index (κ1) is 67.6. The fourth-order valence-corrected chi connectivity index (χ4v) is 9.21. The molecule has 0 amide bonds. The van der Waals surface area contributed by atoms with E-state index in [1.54, 1.807) is 0 Å². The minimum absolute atomic E-state index is 0. The molecule has 59 heavy (non-hydrogen) atoms. The molecular formula is C48H70Cl4CoP6. The molecule has 6 aromatic rings. The monoisotopic (exact) mass is 1030 g/mol. The van der Waals surface area contributed by atoms with E-state index in [0.717, 1.165) is 0 Å². The van der Waals surface area contributed by atoms with Gasteiger partial charge < -0.3 is 0 Å². The van der Waals surface area contributed by atoms with Gasteiger partial charge in [-0.15, -0.1) is 105 Å². The van der Waals surface area contributed by atoms with Crippen LogP contribution in [0.5, 0.6) is 0 Å². The maximum atomic E-state index is 2.70. The zero-order valence-corrected chi connectivity index (χ0v) is 48.1. The van der Waals surface area contributed by atoms with Crippen LogP contribution in [0.15, 0.2) is 109 Å². The van der Waals surface area contributed by atoms with Gasteiger partial charge in [0.1, 0.15) is 0 Å². The summed E-state index contributed by atoms with van der Waals surface area (Å²) in [5.74, 6) is 0. The molecular weight excluding hydrogens is 963 g/mol. The van der Waals surface area contributed by atoms with Crippen molar-refractivity contribution in [2.75, 3.05) is 0 Å². The summed E-state index contributed by atoms with van der Waals surface area (Å²) in [5.41, 5.74) is 16.0. The first-order valence-corrected chi connectivity index (χ1v) is 21.6. The van der Waals surface area contributed by atoms with E-state index < -0.39 is 0 Å². The van der Waals surface area contributed by atoms with Gasteiger partial charge >= 0.3 is 0 Å². The van der Waals surface area contributed by atoms with Crippen molar-refractivity contribution in [2.45, 2.75) is 83.1 Å². The third-order valence-corrected chi connectivity index (χ3v) is 9.46. The molecule has 0 aliphatic heterocycles. The smallest absolute Gasteiger partial charge is 0 e. The summed E-state index contributed by atoms with van der Waals surface area (Å²) >= 11 is 0. The molecule has 0 aromatic heterocycles. The summed E-state index contributed by atoms with van der Waals surface area (Å²) < 4.78 is 0. The molecule has 6 unspecified atom stereocenters. The third kappa shape index (κ3) is 34.7. The van der Waals surface area contributed by atoms with Crippen molar-refractivity contribution in [3.05, 3.63) is 176 Å². The minimum Gasteiger partial charge on any atom is -0.147 e. The van der Waals surface area contributed by atoms with Crippen molar-refractivity contribution in [2.24, 2.45) is 0 Å². The van der Waals surface area contributed by atoms with E-state index in [1.165, 1.54) is 98.6 Å². The standard InChI is InChI=1S/6C8H11P.4ClH.Co/c6*1-6-3-7(2)5-8(9)4-6;;;;;/h6*3-5H,9H2,1-2H3;4*1H;. The predicted molar refractivity (Wildman–Crippen MR) is 301 cm³/mol. The van der Waals surface area contributed by atoms with E-state index in [4.69, 9.17) is 0 Å². The Morgan fingerprint density at radius 3 is 0.305 bits per heavy atom. The Kier molecular flexibility index (Phi) is 41.2. The number of hydrogen-bond donors (Lipinski definition) is 0. The van der Waals surface area contributed by atoms with Crippen LogP contribution in [0.3, 0.4) is 0 Å². The number of rotatable bonds is 0. The summed E-state index contributed by atoms with van der Waals surface area (Å²) in [6.45, 7) is 25.3. The van der Waals surface area contributed by atoms with Crippen LogP contribution in [-0.4, -0.2) is 0 Å². The molecule has 1 radical (unpaired) electrons. The summed E-state index contributed by atoms with van der Waals surface area (Å²) in [6.07, 6.45) is 0. The number of benzene rings is 6. The Bertz CT molecular complexity index is 1400. The Balaban J connectivity index is -0.000000194. The summed E-state index contributed by atoms with van der Waals surface area (Å²) in [4.78, 5) is 0. The van der Waals surface area contributed by atoms with Gasteiger partial charge in [-0.05, 0) is 115 Å². The molecule has 0 heterocycles. The average Bonchev–Trinajstić information content (AvgIpc) is 2.94. The molecule has 0 nitrogen and oxygen atoms in total. The molecule has 0 bridgehead atoms. The van der Waals surface area contributed by atoms with Crippen molar-refractivity contribution >= 4 is 137 Å². The number of hydrogen-bond acceptors (Lipinski definition) is 0. The Morgan fingerprint density at radius 2 is 0.254 bits per heavy atom. The van der Waals surface area contributed by atoms with Gasteiger partial charge in [-0.25, -0.2) is 0 Å². The molecule has 329 valence electrons. The number of halogens is 4. The molecule has 0 fully saturated rings. The van der Waals surface area contributed by atoms with Crippen LogP contribution < -0.4 is 31.8 Å². The first-order chi connectivity index (χ1) is 25.1. The van der Waals surface area contributed by atoms with Crippen molar-refractivity contribution < 1.29 is 16.8 Å². The largest absolute Gasteiger partial charge is 0.147 e. The van der Waals surface area contributed by atoms with Crippen molar-refractivity contribution in [1.82, 2.24) is 0 Å². The molecule has 11 heteroatoms. The molecule has 0 N–H and O–H groups in total. The molecule has 0 aliphatic carbocycles. The van der Waals surface area contributed by atoms with Crippen LogP contribution in [0.2, 0.25) is 0 Å². The quantitative estimate of drug-likeness (QED) is 0.133. The molecule has 0 saturated carbocycles. The van der Waals surface area contributed by atoms with E-state index in [2.05, 4.69) is 248 Å². The van der Waals surface area contributed by atoms with Gasteiger partial charge in [0, 0.05) is 16.8 Å². The van der Waals surface area contributed by atoms with E-state index >= 15 is 0 Å². The SMILES string of the molecule is Cc1cc(C)cc(P)c1.Cc1cc(C)cc(P)c1.Cc1cc(C)cc(P)c1.Cc1cc(C)cc(P)c1.Cc1cc(C)cc(P)c1.Cc1cc(C)cc(P)c1.Cl.Cl.Cl.Cl.[Co]. The van der Waals surface area contributed by atoms with Gasteiger partial charge in [-0.1, -0.05) is 176 Å². The maximum Gasteiger partial charge on any atom is 0 e. The maximum absolute atomic E-state index is 2.70. The zero-order chi connectivity index (χ0) is 41.1. The van der Waals surface area contributed by atoms with Crippen molar-refractivity contribution in [3.8, 4) is 0 Å². The van der Waals surface area contributed by atoms with Gasteiger partial charge in [0.25, 0.3) is 0 Å². The second-order valence-corrected chi connectivity index (χ2v) is 18.5. The van der Waals surface area contributed by atoms with Crippen LogP contribution in [0, 0.1) is 83.1 Å². The Labute approximate surface area is 409 Å². The van der Waals surface area contributed by atoms with Gasteiger partial charge in [-0.2, -0.15) is 0 Å². The van der Waals surface area contributed by atoms with Gasteiger partial charge in [0.15, 0.2) is 0 Å². The van der Waals surface area contributed by atoms with Gasteiger partial charge in [-0.3, -0.25) is 0 Å². The molecule has 6 atom stereocenters. The van der Waals surface area contributed by atoms with E-state index in [9.17, 15) is 0 Å². The fourth-order valence-electron chi connectivity index (χ4n) is 6.06. The molecule has 0 spiro atoms. The number of aryl methyl sites for hydroxylation is 12. The Hall–Kier alpha value is -0.434. The molecule has 0 aliphatic rings. The fraction of sp³-hybridized carbons (Fsp3) is 0.250. The summed E-state index contributed by atoms with van der Waals surface area (Å²) in [6, 6.07) is 38.9. The second kappa shape index (κ2) is 36.0. The van der Waals surface area contributed by atoms with Crippen molar-refractivity contribution in [3.63, 3.8) is 0 Å². The summed E-state index contributed by atoms with van der Waals surface area (Å²) in [7, 11) is 16.2. The first-order valence-electron chi connectivity index (χ1n) is 18.1. The van der Waals surface area contributed by atoms with Crippen LogP contribution >= 0.6 is 105 Å². The van der Waals surface area contributed by atoms with Crippen LogP contribution in [0.1, 0.15) is 66.8 Å². The topological polar surface area (TPSA) is 0 Å². The second-order valence-electron chi connectivity index (χ2n) is 14.5. The summed E-state index contributed by atoms with van der Waals surface area (Å²) in [5, 5.41) is 7.63. The normalized spacial score (nSPS) is 8.85. The predicted octanol–water partition coefficient (Wildman–Crippen LogP) is 12.5. The van der Waals surface area contributed by atoms with Crippen LogP contribution in [-0.2, 0) is 16.8 Å². The van der Waals surface area contributed by atoms with E-state index in [1.807, 2.05) is 0 Å². The average molecular weight is 1030 g/mol. The van der Waals surface area contributed by atoms with Crippen LogP contribution in [0.25, 0.3) is 0 Å². The molecule has 6 aromatic carbocycles. The third-order valence-electron chi connectivity index (χ3n) is 7.46. The van der Waals surface area contributed by atoms with E-state index in [-0.39, 0.29) is 66.4 Å². The van der Waals surface area contributed by atoms with E-state index in [0.29, 0.717) is 0 Å². The Morgan fingerprint density at radius 1 is 0.186 bits per heavy atom. The minimum atomic E-state index is 0. The zero-order valence-electron chi connectivity index (χ0n) is 36.8. The van der Waals surface area contributed by atoms with Gasteiger partial charge in [0.2, 0.25) is 0 Å². The van der Waals surface area contributed by atoms with Gasteiger partial charge in [0.05, 0.1) is 0 Å². The molecule has 6 rings (SSSR count). The van der Waals surface area contributed by atoms with Crippen LogP contribution in [0.4, 0.5) is 0 Å². The van der Waals surface area contributed by atoms with Crippen molar-refractivity contribution in [1.29, 1.82) is 0 Å².